The van der Waals surface area contributed by atoms with Gasteiger partial charge in [0.2, 0.25) is 0 Å². The molecule has 0 bridgehead atoms. The molecule has 1 aliphatic carbocycles. The van der Waals surface area contributed by atoms with Crippen LogP contribution in [0.15, 0.2) is 22.8 Å². The van der Waals surface area contributed by atoms with Crippen molar-refractivity contribution in [1.82, 2.24) is 0 Å². The second-order valence-corrected chi connectivity index (χ2v) is 5.89. The van der Waals surface area contributed by atoms with E-state index in [1.54, 1.807) is 0 Å². The zero-order valence-electron chi connectivity index (χ0n) is 13.2. The summed E-state index contributed by atoms with van der Waals surface area (Å²) >= 11 is 5.92. The highest BCUT2D eigenvalue weighted by molar-refractivity contribution is 6.46. The zero-order chi connectivity index (χ0) is 15.8. The highest BCUT2D eigenvalue weighted by Crippen LogP contribution is 2.32. The first kappa shape index (κ1) is 18.0. The van der Waals surface area contributed by atoms with Gasteiger partial charge in [0, 0.05) is 24.8 Å². The van der Waals surface area contributed by atoms with Gasteiger partial charge in [-0.1, -0.05) is 50.4 Å². The van der Waals surface area contributed by atoms with Crippen molar-refractivity contribution in [3.63, 3.8) is 0 Å². The third-order valence-electron chi connectivity index (χ3n) is 3.73. The van der Waals surface area contributed by atoms with Crippen molar-refractivity contribution in [2.45, 2.75) is 65.4 Å². The summed E-state index contributed by atoms with van der Waals surface area (Å²) in [5, 5.41) is 0.308. The summed E-state index contributed by atoms with van der Waals surface area (Å²) in [7, 11) is 0. The Labute approximate surface area is 132 Å². The third kappa shape index (κ3) is 5.66. The van der Waals surface area contributed by atoms with Gasteiger partial charge in [-0.3, -0.25) is 9.59 Å². The fourth-order valence-electron chi connectivity index (χ4n) is 2.57. The summed E-state index contributed by atoms with van der Waals surface area (Å²) in [6, 6.07) is 0. The van der Waals surface area contributed by atoms with Gasteiger partial charge in [0.25, 0.3) is 0 Å². The Bertz CT molecular complexity index is 437. The van der Waals surface area contributed by atoms with Gasteiger partial charge in [-0.25, -0.2) is 0 Å². The minimum Gasteiger partial charge on any atom is -0.462 e. The first-order chi connectivity index (χ1) is 9.99. The van der Waals surface area contributed by atoms with E-state index in [1.165, 1.54) is 6.92 Å². The number of carbonyl (C=O) groups is 2. The maximum Gasteiger partial charge on any atom is 0.302 e. The molecule has 0 saturated carbocycles. The summed E-state index contributed by atoms with van der Waals surface area (Å²) < 4.78 is 5.34. The average Bonchev–Trinajstić information content (AvgIpc) is 2.71. The topological polar surface area (TPSA) is 43.4 Å². The number of ether oxygens (including phenoxy) is 1. The number of ketones is 1. The second kappa shape index (κ2) is 9.04. The van der Waals surface area contributed by atoms with Gasteiger partial charge < -0.3 is 4.74 Å². The first-order valence-electron chi connectivity index (χ1n) is 7.78. The summed E-state index contributed by atoms with van der Waals surface area (Å²) in [5.41, 5.74) is 0.746. The minimum absolute atomic E-state index is 0.0846. The van der Waals surface area contributed by atoms with Crippen LogP contribution in [0.2, 0.25) is 0 Å². The number of Topliss-reactive ketones (excluding diaryl/α,β-unsaturated/α-hetero) is 1. The molecule has 1 rings (SSSR count). The lowest BCUT2D eigenvalue weighted by molar-refractivity contribution is -0.146. The molecule has 0 aromatic rings. The number of hydrogen-bond acceptors (Lipinski definition) is 3. The molecule has 0 aliphatic heterocycles. The summed E-state index contributed by atoms with van der Waals surface area (Å²) in [6.45, 7) is 5.59. The van der Waals surface area contributed by atoms with E-state index < -0.39 is 0 Å². The van der Waals surface area contributed by atoms with E-state index in [1.807, 2.05) is 19.1 Å². The molecule has 0 N–H and O–H groups in total. The van der Waals surface area contributed by atoms with Crippen molar-refractivity contribution in [1.29, 1.82) is 0 Å². The van der Waals surface area contributed by atoms with Crippen LogP contribution in [0.1, 0.15) is 59.3 Å². The number of hydrogen-bond donors (Lipinski definition) is 0. The van der Waals surface area contributed by atoms with Crippen molar-refractivity contribution in [3.05, 3.63) is 22.8 Å². The van der Waals surface area contributed by atoms with E-state index >= 15 is 0 Å². The first-order valence-corrected chi connectivity index (χ1v) is 8.16. The Morgan fingerprint density at radius 2 is 2.14 bits per heavy atom. The van der Waals surface area contributed by atoms with E-state index in [0.29, 0.717) is 11.5 Å². The summed E-state index contributed by atoms with van der Waals surface area (Å²) in [4.78, 5) is 23.2. The van der Waals surface area contributed by atoms with Gasteiger partial charge in [0.05, 0.1) is 5.03 Å². The molecule has 0 fully saturated rings. The molecule has 4 heteroatoms. The van der Waals surface area contributed by atoms with E-state index in [9.17, 15) is 9.59 Å². The molecular weight excluding hydrogens is 288 g/mol. The molecule has 21 heavy (non-hydrogen) atoms. The Morgan fingerprint density at radius 3 is 2.71 bits per heavy atom. The molecule has 2 atom stereocenters. The number of unbranched alkanes of at least 4 members (excludes halogenated alkanes) is 2. The fourth-order valence-corrected chi connectivity index (χ4v) is 2.83. The van der Waals surface area contributed by atoms with Crippen LogP contribution in [0, 0.1) is 5.92 Å². The van der Waals surface area contributed by atoms with Gasteiger partial charge in [-0.15, -0.1) is 0 Å². The van der Waals surface area contributed by atoms with Crippen LogP contribution in [0.3, 0.4) is 0 Å². The smallest absolute Gasteiger partial charge is 0.302 e. The van der Waals surface area contributed by atoms with E-state index in [0.717, 1.165) is 37.7 Å². The predicted octanol–water partition coefficient (Wildman–Crippen LogP) is 4.55. The second-order valence-electron chi connectivity index (χ2n) is 5.48. The normalized spacial score (nSPS) is 21.5. The third-order valence-corrected chi connectivity index (χ3v) is 4.03. The molecule has 0 spiro atoms. The quantitative estimate of drug-likeness (QED) is 0.375. The maximum atomic E-state index is 12.0. The molecule has 0 saturated heterocycles. The van der Waals surface area contributed by atoms with Crippen molar-refractivity contribution < 1.29 is 14.3 Å². The molecule has 0 heterocycles. The van der Waals surface area contributed by atoms with E-state index in [-0.39, 0.29) is 23.8 Å². The number of esters is 1. The Kier molecular flexibility index (Phi) is 7.73. The van der Waals surface area contributed by atoms with Gasteiger partial charge in [0.15, 0.2) is 5.78 Å². The fraction of sp³-hybridized carbons (Fsp3) is 0.647. The number of halogens is 1. The highest BCUT2D eigenvalue weighted by Gasteiger charge is 2.27. The lowest BCUT2D eigenvalue weighted by Crippen LogP contribution is -2.16. The molecule has 3 nitrogen and oxygen atoms in total. The van der Waals surface area contributed by atoms with Crippen LogP contribution in [-0.4, -0.2) is 17.9 Å². The SMILES string of the molecule is CCCCC[C@@H](C/C=C1/C(=O)C(Cl)=C[C@@H]1CC)OC(C)=O. The molecule has 0 radical (unpaired) electrons. The maximum absolute atomic E-state index is 12.0. The van der Waals surface area contributed by atoms with E-state index in [2.05, 4.69) is 6.92 Å². The predicted molar refractivity (Wildman–Crippen MR) is 85.1 cm³/mol. The van der Waals surface area contributed by atoms with Gasteiger partial charge in [-0.2, -0.15) is 0 Å². The van der Waals surface area contributed by atoms with Crippen molar-refractivity contribution in [2.24, 2.45) is 5.92 Å². The van der Waals surface area contributed by atoms with Gasteiger partial charge in [0.1, 0.15) is 6.10 Å². The Morgan fingerprint density at radius 1 is 1.43 bits per heavy atom. The molecule has 0 amide bonds. The van der Waals surface area contributed by atoms with Gasteiger partial charge in [-0.05, 0) is 19.3 Å². The summed E-state index contributed by atoms with van der Waals surface area (Å²) in [6.07, 6.45) is 9.12. The number of rotatable bonds is 8. The zero-order valence-corrected chi connectivity index (χ0v) is 13.9. The van der Waals surface area contributed by atoms with Crippen LogP contribution >= 0.6 is 11.6 Å². The Balaban J connectivity index is 2.67. The van der Waals surface area contributed by atoms with Crippen molar-refractivity contribution >= 4 is 23.4 Å². The molecule has 0 aromatic carbocycles. The largest absolute Gasteiger partial charge is 0.462 e. The minimum atomic E-state index is -0.268. The van der Waals surface area contributed by atoms with Crippen LogP contribution in [0.4, 0.5) is 0 Å². The van der Waals surface area contributed by atoms with Crippen LogP contribution in [0.5, 0.6) is 0 Å². The summed E-state index contributed by atoms with van der Waals surface area (Å²) in [5.74, 6) is -0.256. The average molecular weight is 313 g/mol. The van der Waals surface area contributed by atoms with Crippen LogP contribution in [0.25, 0.3) is 0 Å². The van der Waals surface area contributed by atoms with E-state index in [4.69, 9.17) is 16.3 Å². The standard InChI is InChI=1S/C17H25ClO3/c1-4-6-7-8-14(21-12(3)19)9-10-15-13(5-2)11-16(18)17(15)20/h10-11,13-14H,4-9H2,1-3H3/b15-10+/t13-,14-/m0/s1. The van der Waals surface area contributed by atoms with Crippen molar-refractivity contribution in [2.75, 3.05) is 0 Å². The molecule has 1 aliphatic rings. The molecular formula is C17H25ClO3. The Hall–Kier alpha value is -1.09. The molecule has 0 aromatic heterocycles. The van der Waals surface area contributed by atoms with Crippen LogP contribution in [-0.2, 0) is 14.3 Å². The monoisotopic (exact) mass is 312 g/mol. The molecule has 0 unspecified atom stereocenters. The number of allylic oxidation sites excluding steroid dienone is 3. The highest BCUT2D eigenvalue weighted by atomic mass is 35.5. The lowest BCUT2D eigenvalue weighted by atomic mass is 9.97. The lowest BCUT2D eigenvalue weighted by Gasteiger charge is -2.16. The molecule has 118 valence electrons. The van der Waals surface area contributed by atoms with Crippen molar-refractivity contribution in [3.8, 4) is 0 Å². The van der Waals surface area contributed by atoms with Crippen LogP contribution < -0.4 is 0 Å². The number of carbonyl (C=O) groups excluding carboxylic acids is 2. The van der Waals surface area contributed by atoms with Gasteiger partial charge >= 0.3 is 5.97 Å².